The fraction of sp³-hybridized carbons (Fsp3) is 0.412. The van der Waals surface area contributed by atoms with Crippen molar-refractivity contribution in [2.24, 2.45) is 0 Å². The second-order valence-corrected chi connectivity index (χ2v) is 7.31. The maximum Gasteiger partial charge on any atom is 0.170 e. The summed E-state index contributed by atoms with van der Waals surface area (Å²) in [6.45, 7) is 0.740. The second kappa shape index (κ2) is 7.93. The number of hydrogen-bond acceptors (Lipinski definition) is 2. The van der Waals surface area contributed by atoms with E-state index in [9.17, 15) is 0 Å². The van der Waals surface area contributed by atoms with Crippen molar-refractivity contribution in [1.29, 1.82) is 0 Å². The van der Waals surface area contributed by atoms with Gasteiger partial charge in [0.2, 0.25) is 0 Å². The molecule has 1 heterocycles. The molecule has 1 aliphatic rings. The van der Waals surface area contributed by atoms with Gasteiger partial charge in [-0.05, 0) is 58.7 Å². The summed E-state index contributed by atoms with van der Waals surface area (Å²) in [6, 6.07) is 8.81. The van der Waals surface area contributed by atoms with Crippen molar-refractivity contribution >= 4 is 38.9 Å². The standard InChI is InChI=1S/C17H21BrN4S/c18-14-10-19-22(12-14)11-13-5-4-8-16(9-13)21-17(23)20-15-6-2-1-3-7-15/h4-5,8-10,12,15H,1-3,6-7,11H2,(H2,20,21,23). The lowest BCUT2D eigenvalue weighted by Gasteiger charge is -2.24. The lowest BCUT2D eigenvalue weighted by molar-refractivity contribution is 0.415. The molecule has 4 nitrogen and oxygen atoms in total. The van der Waals surface area contributed by atoms with Crippen molar-refractivity contribution in [2.75, 3.05) is 5.32 Å². The van der Waals surface area contributed by atoms with Crippen molar-refractivity contribution in [3.05, 3.63) is 46.7 Å². The summed E-state index contributed by atoms with van der Waals surface area (Å²) in [5.41, 5.74) is 2.20. The van der Waals surface area contributed by atoms with Crippen LogP contribution in [-0.2, 0) is 6.54 Å². The number of nitrogens with one attached hydrogen (secondary N) is 2. The molecule has 0 radical (unpaired) electrons. The van der Waals surface area contributed by atoms with Gasteiger partial charge in [0.1, 0.15) is 0 Å². The highest BCUT2D eigenvalue weighted by Gasteiger charge is 2.13. The van der Waals surface area contributed by atoms with Crippen LogP contribution in [0.25, 0.3) is 0 Å². The van der Waals surface area contributed by atoms with Crippen molar-refractivity contribution in [3.8, 4) is 0 Å². The molecule has 122 valence electrons. The summed E-state index contributed by atoms with van der Waals surface area (Å²) >= 11 is 8.87. The highest BCUT2D eigenvalue weighted by Crippen LogP contribution is 2.18. The quantitative estimate of drug-likeness (QED) is 0.760. The maximum atomic E-state index is 5.45. The molecule has 6 heteroatoms. The molecule has 1 fully saturated rings. The normalized spacial score (nSPS) is 15.3. The van der Waals surface area contributed by atoms with Gasteiger partial charge in [0, 0.05) is 17.9 Å². The first-order valence-electron chi connectivity index (χ1n) is 8.03. The first-order valence-corrected chi connectivity index (χ1v) is 9.23. The lowest BCUT2D eigenvalue weighted by Crippen LogP contribution is -2.38. The summed E-state index contributed by atoms with van der Waals surface area (Å²) in [5, 5.41) is 11.7. The third-order valence-corrected chi connectivity index (χ3v) is 4.70. The number of aromatic nitrogens is 2. The zero-order valence-electron chi connectivity index (χ0n) is 13.0. The molecule has 0 aliphatic heterocycles. The summed E-state index contributed by atoms with van der Waals surface area (Å²) in [4.78, 5) is 0. The topological polar surface area (TPSA) is 41.9 Å². The number of anilines is 1. The fourth-order valence-corrected chi connectivity index (χ4v) is 3.57. The van der Waals surface area contributed by atoms with Crippen molar-refractivity contribution in [1.82, 2.24) is 15.1 Å². The van der Waals surface area contributed by atoms with E-state index in [4.69, 9.17) is 12.2 Å². The van der Waals surface area contributed by atoms with Gasteiger partial charge in [-0.1, -0.05) is 31.4 Å². The van der Waals surface area contributed by atoms with E-state index in [2.05, 4.69) is 43.8 Å². The molecule has 23 heavy (non-hydrogen) atoms. The van der Waals surface area contributed by atoms with Gasteiger partial charge in [0.05, 0.1) is 17.2 Å². The summed E-state index contributed by atoms with van der Waals surface area (Å²) < 4.78 is 2.89. The monoisotopic (exact) mass is 392 g/mol. The second-order valence-electron chi connectivity index (χ2n) is 5.99. The van der Waals surface area contributed by atoms with Crippen LogP contribution in [0.5, 0.6) is 0 Å². The molecule has 0 saturated heterocycles. The lowest BCUT2D eigenvalue weighted by atomic mass is 9.96. The minimum absolute atomic E-state index is 0.522. The highest BCUT2D eigenvalue weighted by molar-refractivity contribution is 9.10. The van der Waals surface area contributed by atoms with Crippen LogP contribution < -0.4 is 10.6 Å². The third-order valence-electron chi connectivity index (χ3n) is 4.07. The number of rotatable bonds is 4. The van der Waals surface area contributed by atoms with Crippen LogP contribution in [0.4, 0.5) is 5.69 Å². The van der Waals surface area contributed by atoms with E-state index in [1.807, 2.05) is 23.0 Å². The Labute approximate surface area is 150 Å². The van der Waals surface area contributed by atoms with Crippen molar-refractivity contribution in [3.63, 3.8) is 0 Å². The molecule has 2 N–H and O–H groups in total. The summed E-state index contributed by atoms with van der Waals surface area (Å²) in [7, 11) is 0. The fourth-order valence-electron chi connectivity index (χ4n) is 2.96. The third kappa shape index (κ3) is 5.04. The van der Waals surface area contributed by atoms with Crippen LogP contribution in [0.3, 0.4) is 0 Å². The van der Waals surface area contributed by atoms with E-state index in [1.165, 1.54) is 37.7 Å². The smallest absolute Gasteiger partial charge is 0.170 e. The van der Waals surface area contributed by atoms with Gasteiger partial charge < -0.3 is 10.6 Å². The Hall–Kier alpha value is -1.40. The minimum atomic E-state index is 0.522. The SMILES string of the molecule is S=C(Nc1cccc(Cn2cc(Br)cn2)c1)NC1CCCCC1. The molecule has 1 aliphatic carbocycles. The molecule has 0 bridgehead atoms. The largest absolute Gasteiger partial charge is 0.360 e. The van der Waals surface area contributed by atoms with Crippen LogP contribution in [-0.4, -0.2) is 20.9 Å². The Morgan fingerprint density at radius 1 is 1.30 bits per heavy atom. The predicted molar refractivity (Wildman–Crippen MR) is 102 cm³/mol. The molecule has 0 unspecified atom stereocenters. The Bertz CT molecular complexity index is 664. The van der Waals surface area contributed by atoms with Gasteiger partial charge in [-0.25, -0.2) is 0 Å². The molecule has 1 aromatic carbocycles. The first kappa shape index (κ1) is 16.5. The number of halogens is 1. The number of benzene rings is 1. The Morgan fingerprint density at radius 2 is 2.13 bits per heavy atom. The Balaban J connectivity index is 1.57. The van der Waals surface area contributed by atoms with Gasteiger partial charge in [0.15, 0.2) is 5.11 Å². The molecular weight excluding hydrogens is 372 g/mol. The van der Waals surface area contributed by atoms with Crippen LogP contribution in [0.15, 0.2) is 41.1 Å². The molecule has 3 rings (SSSR count). The van der Waals surface area contributed by atoms with Crippen LogP contribution in [0, 0.1) is 0 Å². The van der Waals surface area contributed by atoms with Gasteiger partial charge >= 0.3 is 0 Å². The van der Waals surface area contributed by atoms with E-state index in [-0.39, 0.29) is 0 Å². The Kier molecular flexibility index (Phi) is 5.67. The maximum absolute atomic E-state index is 5.45. The minimum Gasteiger partial charge on any atom is -0.360 e. The van der Waals surface area contributed by atoms with Crippen molar-refractivity contribution in [2.45, 2.75) is 44.7 Å². The van der Waals surface area contributed by atoms with Gasteiger partial charge in [-0.2, -0.15) is 5.10 Å². The Morgan fingerprint density at radius 3 is 2.87 bits per heavy atom. The van der Waals surface area contributed by atoms with Gasteiger partial charge in [-0.3, -0.25) is 4.68 Å². The van der Waals surface area contributed by atoms with E-state index < -0.39 is 0 Å². The molecular formula is C17H21BrN4S. The van der Waals surface area contributed by atoms with Crippen molar-refractivity contribution < 1.29 is 0 Å². The zero-order valence-corrected chi connectivity index (χ0v) is 15.4. The van der Waals surface area contributed by atoms with Gasteiger partial charge in [0.25, 0.3) is 0 Å². The van der Waals surface area contributed by atoms with Crippen LogP contribution in [0.2, 0.25) is 0 Å². The van der Waals surface area contributed by atoms with E-state index in [1.54, 1.807) is 6.20 Å². The molecule has 2 aromatic rings. The highest BCUT2D eigenvalue weighted by atomic mass is 79.9. The average Bonchev–Trinajstić information content (AvgIpc) is 2.93. The molecule has 0 atom stereocenters. The van der Waals surface area contributed by atoms with E-state index in [0.717, 1.165) is 21.8 Å². The van der Waals surface area contributed by atoms with E-state index >= 15 is 0 Å². The van der Waals surface area contributed by atoms with Crippen LogP contribution in [0.1, 0.15) is 37.7 Å². The van der Waals surface area contributed by atoms with E-state index in [0.29, 0.717) is 6.04 Å². The average molecular weight is 393 g/mol. The van der Waals surface area contributed by atoms with Gasteiger partial charge in [-0.15, -0.1) is 0 Å². The number of nitrogens with zero attached hydrogens (tertiary/aromatic N) is 2. The molecule has 0 amide bonds. The molecule has 0 spiro atoms. The first-order chi connectivity index (χ1) is 11.2. The number of thiocarbonyl (C=S) groups is 1. The van der Waals surface area contributed by atoms with Crippen LogP contribution >= 0.6 is 28.1 Å². The summed E-state index contributed by atoms with van der Waals surface area (Å²) in [6.07, 6.45) is 10.2. The number of hydrogen-bond donors (Lipinski definition) is 2. The predicted octanol–water partition coefficient (Wildman–Crippen LogP) is 4.31. The summed E-state index contributed by atoms with van der Waals surface area (Å²) in [5.74, 6) is 0. The zero-order chi connectivity index (χ0) is 16.1. The molecule has 1 saturated carbocycles. The molecule has 1 aromatic heterocycles.